The van der Waals surface area contributed by atoms with Crippen molar-refractivity contribution in [2.75, 3.05) is 20.2 Å². The summed E-state index contributed by atoms with van der Waals surface area (Å²) in [5, 5.41) is 9.32. The zero-order valence-corrected chi connectivity index (χ0v) is 33.1. The lowest BCUT2D eigenvalue weighted by Gasteiger charge is -2.30. The van der Waals surface area contributed by atoms with Crippen LogP contribution >= 0.6 is 0 Å². The van der Waals surface area contributed by atoms with Crippen molar-refractivity contribution in [1.29, 1.82) is 0 Å². The van der Waals surface area contributed by atoms with Gasteiger partial charge in [0.1, 0.15) is 23.4 Å². The standard InChI is InChI=1S/C42H48N10O5/c1-21(2)33(45-23(5)53)40(54)51-15-7-9-31(51)37-46-29-14-12-24-17-25(11-13-27(24)35(29)47-37)30-18-26-19-44-39-36(28(26)20-43-30)48-38(50-39)32-10-8-16-52(32)41(55)34(22(3)4)49-42(56)57-6/h11-14,17-22,31-34,43H,7-10,15-16H2,1-6H3,(H,45,53)(H,46,47)(H,49,56)/t31-,32-,33-,34-/m0/s1. The van der Waals surface area contributed by atoms with Gasteiger partial charge in [0.05, 0.1) is 30.2 Å². The second-order valence-corrected chi connectivity index (χ2v) is 15.9. The summed E-state index contributed by atoms with van der Waals surface area (Å²) >= 11 is 0. The van der Waals surface area contributed by atoms with Crippen molar-refractivity contribution >= 4 is 67.6 Å². The molecule has 8 rings (SSSR count). The molecule has 2 fully saturated rings. The minimum absolute atomic E-state index is 0.0419. The van der Waals surface area contributed by atoms with E-state index in [4.69, 9.17) is 19.7 Å². The molecule has 0 unspecified atom stereocenters. The maximum absolute atomic E-state index is 13.7. The largest absolute Gasteiger partial charge is 0.453 e. The van der Waals surface area contributed by atoms with E-state index in [2.05, 4.69) is 55.9 Å². The van der Waals surface area contributed by atoms with E-state index in [9.17, 15) is 19.2 Å². The number of nitrogens with one attached hydrogen (secondary N) is 4. The number of pyridine rings is 2. The minimum Gasteiger partial charge on any atom is -0.453 e. The summed E-state index contributed by atoms with van der Waals surface area (Å²) in [4.78, 5) is 81.2. The molecule has 57 heavy (non-hydrogen) atoms. The molecule has 2 aromatic carbocycles. The predicted molar refractivity (Wildman–Crippen MR) is 216 cm³/mol. The molecular formula is C42H48N10O5. The number of aromatic amines is 2. The fourth-order valence-electron chi connectivity index (χ4n) is 8.44. The molecule has 0 radical (unpaired) electrons. The van der Waals surface area contributed by atoms with Gasteiger partial charge in [-0.3, -0.25) is 14.4 Å². The number of likely N-dealkylation sites (tertiary alicyclic amines) is 2. The number of aromatic nitrogens is 6. The highest BCUT2D eigenvalue weighted by Gasteiger charge is 2.39. The Kier molecular flexibility index (Phi) is 10.0. The first-order valence-corrected chi connectivity index (χ1v) is 19.7. The number of carbonyl (C=O) groups is 4. The normalized spacial score (nSPS) is 18.3. The number of imidazole rings is 2. The Morgan fingerprint density at radius 2 is 1.51 bits per heavy atom. The van der Waals surface area contributed by atoms with E-state index < -0.39 is 18.2 Å². The minimum atomic E-state index is -0.729. The van der Waals surface area contributed by atoms with E-state index in [0.29, 0.717) is 36.5 Å². The lowest BCUT2D eigenvalue weighted by molar-refractivity contribution is -0.138. The molecule has 15 heteroatoms. The van der Waals surface area contributed by atoms with Gasteiger partial charge < -0.3 is 35.1 Å². The Morgan fingerprint density at radius 3 is 2.21 bits per heavy atom. The molecule has 4 aromatic heterocycles. The van der Waals surface area contributed by atoms with Crippen molar-refractivity contribution in [3.63, 3.8) is 0 Å². The number of alkyl carbamates (subject to hydrolysis) is 1. The molecule has 0 spiro atoms. The summed E-state index contributed by atoms with van der Waals surface area (Å²) in [6, 6.07) is 10.6. The highest BCUT2D eigenvalue weighted by atomic mass is 16.5. The highest BCUT2D eigenvalue weighted by molar-refractivity contribution is 6.06. The average Bonchev–Trinajstić information content (AvgIpc) is 4.03. The Hall–Kier alpha value is -6.12. The first-order chi connectivity index (χ1) is 27.4. The molecule has 2 aliphatic rings. The van der Waals surface area contributed by atoms with Crippen LogP contribution in [-0.2, 0) is 19.1 Å². The number of methoxy groups -OCH3 is 1. The average molecular weight is 773 g/mol. The molecule has 6 heterocycles. The monoisotopic (exact) mass is 772 g/mol. The van der Waals surface area contributed by atoms with Crippen molar-refractivity contribution < 1.29 is 23.9 Å². The van der Waals surface area contributed by atoms with Crippen LogP contribution in [0.4, 0.5) is 4.79 Å². The molecule has 0 saturated carbocycles. The molecule has 4 amide bonds. The van der Waals surface area contributed by atoms with E-state index in [1.165, 1.54) is 14.0 Å². The fraction of sp³-hybridized carbons (Fsp3) is 0.429. The van der Waals surface area contributed by atoms with Gasteiger partial charge in [0, 0.05) is 54.3 Å². The van der Waals surface area contributed by atoms with Crippen LogP contribution in [0.1, 0.15) is 84.0 Å². The van der Waals surface area contributed by atoms with Crippen LogP contribution in [-0.4, -0.2) is 95.8 Å². The van der Waals surface area contributed by atoms with E-state index in [-0.39, 0.29) is 41.6 Å². The molecule has 296 valence electrons. The summed E-state index contributed by atoms with van der Waals surface area (Å²) in [7, 11) is 1.28. The van der Waals surface area contributed by atoms with Crippen LogP contribution in [0.5, 0.6) is 0 Å². The number of amides is 4. The number of hydrogen-bond donors (Lipinski definition) is 4. The predicted octanol–water partition coefficient (Wildman–Crippen LogP) is 6.07. The van der Waals surface area contributed by atoms with Crippen LogP contribution in [0.15, 0.2) is 48.8 Å². The fourth-order valence-corrected chi connectivity index (χ4v) is 8.44. The van der Waals surface area contributed by atoms with Crippen molar-refractivity contribution in [2.24, 2.45) is 11.8 Å². The second-order valence-electron chi connectivity index (χ2n) is 15.9. The van der Waals surface area contributed by atoms with E-state index in [1.807, 2.05) is 44.9 Å². The third-order valence-electron chi connectivity index (χ3n) is 11.4. The van der Waals surface area contributed by atoms with Gasteiger partial charge in [-0.1, -0.05) is 45.9 Å². The first-order valence-electron chi connectivity index (χ1n) is 19.7. The molecule has 6 aromatic rings. The second kappa shape index (κ2) is 15.1. The molecular weight excluding hydrogens is 725 g/mol. The van der Waals surface area contributed by atoms with Crippen LogP contribution in [0.2, 0.25) is 0 Å². The van der Waals surface area contributed by atoms with Gasteiger partial charge in [0.15, 0.2) is 11.5 Å². The molecule has 0 aliphatic carbocycles. The van der Waals surface area contributed by atoms with E-state index in [0.717, 1.165) is 68.9 Å². The number of carbonyl (C=O) groups excluding carboxylic acids is 4. The van der Waals surface area contributed by atoms with Gasteiger partial charge in [-0.05, 0) is 66.7 Å². The van der Waals surface area contributed by atoms with Crippen molar-refractivity contribution in [3.8, 4) is 11.3 Å². The quantitative estimate of drug-likeness (QED) is 0.135. The van der Waals surface area contributed by atoms with Gasteiger partial charge in [0.2, 0.25) is 17.7 Å². The number of nitrogens with zero attached hydrogens (tertiary/aromatic N) is 6. The van der Waals surface area contributed by atoms with Crippen LogP contribution in [0.25, 0.3) is 55.0 Å². The maximum Gasteiger partial charge on any atom is 0.407 e. The van der Waals surface area contributed by atoms with Crippen LogP contribution < -0.4 is 10.6 Å². The lowest BCUT2D eigenvalue weighted by atomic mass is 10.0. The number of rotatable bonds is 9. The Morgan fingerprint density at radius 1 is 0.807 bits per heavy atom. The molecule has 4 atom stereocenters. The van der Waals surface area contributed by atoms with Gasteiger partial charge in [-0.25, -0.2) is 24.7 Å². The molecule has 15 nitrogen and oxygen atoms in total. The Balaban J connectivity index is 1.05. The van der Waals surface area contributed by atoms with Crippen molar-refractivity contribution in [2.45, 2.75) is 84.5 Å². The van der Waals surface area contributed by atoms with Gasteiger partial charge in [-0.15, -0.1) is 0 Å². The third-order valence-corrected chi connectivity index (χ3v) is 11.4. The van der Waals surface area contributed by atoms with Gasteiger partial charge in [-0.2, -0.15) is 0 Å². The number of ether oxygens (including phenoxy) is 1. The molecule has 4 N–H and O–H groups in total. The smallest absolute Gasteiger partial charge is 0.407 e. The van der Waals surface area contributed by atoms with Crippen molar-refractivity contribution in [3.05, 3.63) is 60.4 Å². The Labute approximate surface area is 329 Å². The summed E-state index contributed by atoms with van der Waals surface area (Å²) in [5.74, 6) is 0.634. The van der Waals surface area contributed by atoms with Crippen LogP contribution in [0, 0.1) is 11.8 Å². The van der Waals surface area contributed by atoms with Gasteiger partial charge in [0.25, 0.3) is 0 Å². The summed E-state index contributed by atoms with van der Waals surface area (Å²) in [5.41, 5.74) is 4.80. The first kappa shape index (κ1) is 37.8. The topological polar surface area (TPSA) is 191 Å². The number of H-pyrrole nitrogens is 2. The Bertz CT molecular complexity index is 2540. The van der Waals surface area contributed by atoms with E-state index >= 15 is 0 Å². The maximum atomic E-state index is 13.7. The highest BCUT2D eigenvalue weighted by Crippen LogP contribution is 2.37. The summed E-state index contributed by atoms with van der Waals surface area (Å²) in [6.45, 7) is 10.3. The zero-order chi connectivity index (χ0) is 40.1. The number of fused-ring (bicyclic) bond motifs is 6. The third kappa shape index (κ3) is 6.99. The van der Waals surface area contributed by atoms with E-state index in [1.54, 1.807) is 11.1 Å². The zero-order valence-electron chi connectivity index (χ0n) is 33.1. The lowest BCUT2D eigenvalue weighted by Crippen LogP contribution is -2.51. The number of hydrogen-bond acceptors (Lipinski definition) is 9. The molecule has 0 bridgehead atoms. The summed E-state index contributed by atoms with van der Waals surface area (Å²) < 4.78 is 4.77. The number of benzene rings is 2. The molecule has 2 aliphatic heterocycles. The SMILES string of the molecule is COC(=O)N[C@H](C(=O)N1CCC[C@H]1c1nc2ncc3cc(-c4ccc5c(ccc6[nH]c([C@@H]7CCCN7C(=O)[C@@H](NC(C)=O)C(C)C)nc65)c4)[nH]cc3c2n1)C(C)C. The van der Waals surface area contributed by atoms with Crippen LogP contribution in [0.3, 0.4) is 0 Å². The van der Waals surface area contributed by atoms with Gasteiger partial charge >= 0.3 is 6.09 Å². The van der Waals surface area contributed by atoms with Crippen molar-refractivity contribution in [1.82, 2.24) is 50.3 Å². The molecule has 2 saturated heterocycles. The summed E-state index contributed by atoms with van der Waals surface area (Å²) in [6.07, 6.45) is 6.25.